The van der Waals surface area contributed by atoms with E-state index >= 15 is 0 Å². The van der Waals surface area contributed by atoms with Crippen LogP contribution < -0.4 is 9.47 Å². The number of rotatable bonds is 16. The van der Waals surface area contributed by atoms with Crippen LogP contribution in [0.15, 0.2) is 48.5 Å². The van der Waals surface area contributed by atoms with Gasteiger partial charge < -0.3 is 14.2 Å². The monoisotopic (exact) mass is 482 g/mol. The number of benzene rings is 2. The van der Waals surface area contributed by atoms with Crippen molar-refractivity contribution in [2.45, 2.75) is 84.5 Å². The molecule has 0 N–H and O–H groups in total. The molecule has 0 heterocycles. The summed E-state index contributed by atoms with van der Waals surface area (Å²) in [5.74, 6) is -0.519. The molecule has 0 spiro atoms. The van der Waals surface area contributed by atoms with Gasteiger partial charge in [0.1, 0.15) is 11.5 Å². The van der Waals surface area contributed by atoms with E-state index in [1.54, 1.807) is 31.2 Å². The standard InChI is InChI=1S/C29H38O6/c1-3-5-6-7-8-9-10-11-12-13-14-27(30)34-25-19-17-24(18-20-25)29(32)35-26-21-15-23(16-22-26)28(31)33-4-2/h15-22H,3-14H2,1-2H3. The zero-order chi connectivity index (χ0) is 25.3. The van der Waals surface area contributed by atoms with Crippen LogP contribution in [0.25, 0.3) is 0 Å². The van der Waals surface area contributed by atoms with Gasteiger partial charge >= 0.3 is 17.9 Å². The van der Waals surface area contributed by atoms with Gasteiger partial charge in [0.2, 0.25) is 0 Å². The first-order valence-corrected chi connectivity index (χ1v) is 12.8. The predicted octanol–water partition coefficient (Wildman–Crippen LogP) is 7.30. The zero-order valence-electron chi connectivity index (χ0n) is 21.1. The highest BCUT2D eigenvalue weighted by Gasteiger charge is 2.12. The van der Waals surface area contributed by atoms with Crippen molar-refractivity contribution in [3.05, 3.63) is 59.7 Å². The van der Waals surface area contributed by atoms with E-state index in [1.807, 2.05) is 0 Å². The molecule has 0 radical (unpaired) electrons. The molecule has 0 aromatic heterocycles. The Labute approximate surface area is 209 Å². The van der Waals surface area contributed by atoms with Crippen molar-refractivity contribution in [2.24, 2.45) is 0 Å². The lowest BCUT2D eigenvalue weighted by molar-refractivity contribution is -0.134. The number of unbranched alkanes of at least 4 members (excludes halogenated alkanes) is 9. The van der Waals surface area contributed by atoms with Crippen molar-refractivity contribution in [1.29, 1.82) is 0 Å². The highest BCUT2D eigenvalue weighted by Crippen LogP contribution is 2.18. The first-order valence-electron chi connectivity index (χ1n) is 12.8. The maximum absolute atomic E-state index is 12.4. The zero-order valence-corrected chi connectivity index (χ0v) is 21.1. The van der Waals surface area contributed by atoms with Crippen LogP contribution in [0, 0.1) is 0 Å². The molecule has 35 heavy (non-hydrogen) atoms. The molecule has 2 rings (SSSR count). The Morgan fingerprint density at radius 3 is 1.54 bits per heavy atom. The van der Waals surface area contributed by atoms with Crippen molar-refractivity contribution in [3.8, 4) is 11.5 Å². The van der Waals surface area contributed by atoms with Gasteiger partial charge in [-0.2, -0.15) is 0 Å². The summed E-state index contributed by atoms with van der Waals surface area (Å²) in [4.78, 5) is 36.1. The molecule has 2 aromatic carbocycles. The van der Waals surface area contributed by atoms with Gasteiger partial charge in [-0.1, -0.05) is 64.7 Å². The summed E-state index contributed by atoms with van der Waals surface area (Å²) in [6, 6.07) is 12.4. The molecule has 0 atom stereocenters. The minimum atomic E-state index is -0.544. The van der Waals surface area contributed by atoms with Crippen LogP contribution in [-0.2, 0) is 9.53 Å². The van der Waals surface area contributed by atoms with E-state index in [4.69, 9.17) is 14.2 Å². The summed E-state index contributed by atoms with van der Waals surface area (Å²) in [7, 11) is 0. The Morgan fingerprint density at radius 1 is 0.571 bits per heavy atom. The quantitative estimate of drug-likeness (QED) is 0.142. The maximum Gasteiger partial charge on any atom is 0.343 e. The van der Waals surface area contributed by atoms with E-state index in [1.165, 1.54) is 69.2 Å². The molecule has 0 saturated heterocycles. The SMILES string of the molecule is CCCCCCCCCCCCC(=O)Oc1ccc(C(=O)Oc2ccc(C(=O)OCC)cc2)cc1. The van der Waals surface area contributed by atoms with E-state index in [0.717, 1.165) is 19.3 Å². The molecule has 0 unspecified atom stereocenters. The fourth-order valence-electron chi connectivity index (χ4n) is 3.64. The van der Waals surface area contributed by atoms with E-state index in [0.29, 0.717) is 35.7 Å². The van der Waals surface area contributed by atoms with Gasteiger partial charge in [-0.25, -0.2) is 9.59 Å². The van der Waals surface area contributed by atoms with Crippen LogP contribution in [0.5, 0.6) is 11.5 Å². The number of ether oxygens (including phenoxy) is 3. The lowest BCUT2D eigenvalue weighted by atomic mass is 10.1. The van der Waals surface area contributed by atoms with E-state index in [9.17, 15) is 14.4 Å². The molecule has 0 aliphatic rings. The van der Waals surface area contributed by atoms with Gasteiger partial charge in [0.05, 0.1) is 17.7 Å². The summed E-state index contributed by atoms with van der Waals surface area (Å²) in [6.07, 6.45) is 12.5. The first-order chi connectivity index (χ1) is 17.0. The van der Waals surface area contributed by atoms with Crippen LogP contribution in [-0.4, -0.2) is 24.5 Å². The van der Waals surface area contributed by atoms with Crippen molar-refractivity contribution < 1.29 is 28.6 Å². The largest absolute Gasteiger partial charge is 0.462 e. The molecule has 0 bridgehead atoms. The lowest BCUT2D eigenvalue weighted by Crippen LogP contribution is -2.10. The highest BCUT2D eigenvalue weighted by atomic mass is 16.5. The van der Waals surface area contributed by atoms with E-state index in [-0.39, 0.29) is 5.97 Å². The molecule has 0 aliphatic carbocycles. The second kappa shape index (κ2) is 16.5. The topological polar surface area (TPSA) is 78.9 Å². The van der Waals surface area contributed by atoms with Gasteiger partial charge in [-0.3, -0.25) is 4.79 Å². The lowest BCUT2D eigenvalue weighted by Gasteiger charge is -2.07. The summed E-state index contributed by atoms with van der Waals surface area (Å²) < 4.78 is 15.6. The minimum absolute atomic E-state index is 0.262. The van der Waals surface area contributed by atoms with Crippen LogP contribution in [0.2, 0.25) is 0 Å². The van der Waals surface area contributed by atoms with Crippen molar-refractivity contribution >= 4 is 17.9 Å². The molecular weight excluding hydrogens is 444 g/mol. The summed E-state index contributed by atoms with van der Waals surface area (Å²) in [6.45, 7) is 4.26. The second-order valence-corrected chi connectivity index (χ2v) is 8.56. The molecular formula is C29H38O6. The number of carbonyl (C=O) groups is 3. The molecule has 6 heteroatoms. The van der Waals surface area contributed by atoms with Gasteiger partial charge in [-0.15, -0.1) is 0 Å². The fraction of sp³-hybridized carbons (Fsp3) is 0.483. The Kier molecular flexibility index (Phi) is 13.2. The summed E-state index contributed by atoms with van der Waals surface area (Å²) in [5.41, 5.74) is 0.713. The Bertz CT molecular complexity index is 902. The summed E-state index contributed by atoms with van der Waals surface area (Å²) in [5, 5.41) is 0. The molecule has 0 amide bonds. The molecule has 0 fully saturated rings. The number of esters is 3. The Morgan fingerprint density at radius 2 is 1.03 bits per heavy atom. The third-order valence-electron chi connectivity index (χ3n) is 5.63. The Hall–Kier alpha value is -3.15. The number of hydrogen-bond donors (Lipinski definition) is 0. The van der Waals surface area contributed by atoms with E-state index < -0.39 is 11.9 Å². The maximum atomic E-state index is 12.4. The average Bonchev–Trinajstić information content (AvgIpc) is 2.86. The van der Waals surface area contributed by atoms with Crippen molar-refractivity contribution in [1.82, 2.24) is 0 Å². The molecule has 6 nitrogen and oxygen atoms in total. The van der Waals surface area contributed by atoms with Gasteiger partial charge in [0.25, 0.3) is 0 Å². The third kappa shape index (κ3) is 11.2. The van der Waals surface area contributed by atoms with Crippen LogP contribution >= 0.6 is 0 Å². The van der Waals surface area contributed by atoms with Gasteiger partial charge in [0.15, 0.2) is 0 Å². The van der Waals surface area contributed by atoms with Crippen molar-refractivity contribution in [3.63, 3.8) is 0 Å². The van der Waals surface area contributed by atoms with Gasteiger partial charge in [-0.05, 0) is 61.9 Å². The normalized spacial score (nSPS) is 10.6. The Balaban J connectivity index is 1.66. The molecule has 0 aliphatic heterocycles. The fourth-order valence-corrected chi connectivity index (χ4v) is 3.64. The van der Waals surface area contributed by atoms with Gasteiger partial charge in [0, 0.05) is 6.42 Å². The molecule has 0 saturated carbocycles. The summed E-state index contributed by atoms with van der Waals surface area (Å²) >= 11 is 0. The van der Waals surface area contributed by atoms with E-state index in [2.05, 4.69) is 6.92 Å². The number of hydrogen-bond acceptors (Lipinski definition) is 6. The first kappa shape index (κ1) is 28.1. The van der Waals surface area contributed by atoms with Crippen LogP contribution in [0.3, 0.4) is 0 Å². The molecule has 190 valence electrons. The van der Waals surface area contributed by atoms with Crippen LogP contribution in [0.4, 0.5) is 0 Å². The average molecular weight is 483 g/mol. The smallest absolute Gasteiger partial charge is 0.343 e. The molecule has 2 aromatic rings. The van der Waals surface area contributed by atoms with Crippen LogP contribution in [0.1, 0.15) is 105 Å². The third-order valence-corrected chi connectivity index (χ3v) is 5.63. The predicted molar refractivity (Wildman–Crippen MR) is 136 cm³/mol. The number of carbonyl (C=O) groups excluding carboxylic acids is 3. The van der Waals surface area contributed by atoms with Crippen molar-refractivity contribution in [2.75, 3.05) is 6.61 Å². The minimum Gasteiger partial charge on any atom is -0.462 e. The second-order valence-electron chi connectivity index (χ2n) is 8.56. The highest BCUT2D eigenvalue weighted by molar-refractivity contribution is 5.92.